The molecule has 1 rings (SSSR count). The second-order valence-electron chi connectivity index (χ2n) is 3.39. The quantitative estimate of drug-likeness (QED) is 0.749. The van der Waals surface area contributed by atoms with Crippen LogP contribution < -0.4 is 0 Å². The standard InChI is InChI=1S/C13H15ClO2/c1-3-16-12(15)9-5-8-11-7-4-6-10(2)13(11)14/h4-8H,3,9H2,1-2H3. The molecule has 0 fully saturated rings. The number of hydrogen-bond acceptors (Lipinski definition) is 2. The molecule has 0 radical (unpaired) electrons. The molecule has 0 bridgehead atoms. The van der Waals surface area contributed by atoms with E-state index in [9.17, 15) is 4.79 Å². The van der Waals surface area contributed by atoms with Crippen LogP contribution in [0.25, 0.3) is 6.08 Å². The van der Waals surface area contributed by atoms with Crippen molar-refractivity contribution in [2.45, 2.75) is 20.3 Å². The molecule has 0 atom stereocenters. The fraction of sp³-hybridized carbons (Fsp3) is 0.308. The molecule has 0 spiro atoms. The summed E-state index contributed by atoms with van der Waals surface area (Å²) in [5.41, 5.74) is 1.95. The summed E-state index contributed by atoms with van der Waals surface area (Å²) < 4.78 is 4.81. The molecule has 0 heterocycles. The van der Waals surface area contributed by atoms with Gasteiger partial charge in [-0.3, -0.25) is 4.79 Å². The van der Waals surface area contributed by atoms with E-state index in [1.807, 2.05) is 31.2 Å². The van der Waals surface area contributed by atoms with Crippen molar-refractivity contribution >= 4 is 23.6 Å². The third-order valence-corrected chi connectivity index (χ3v) is 2.63. The van der Waals surface area contributed by atoms with Crippen LogP contribution in [0, 0.1) is 6.92 Å². The van der Waals surface area contributed by atoms with Gasteiger partial charge in [0.2, 0.25) is 0 Å². The van der Waals surface area contributed by atoms with Crippen molar-refractivity contribution < 1.29 is 9.53 Å². The van der Waals surface area contributed by atoms with Gasteiger partial charge in [-0.05, 0) is 25.0 Å². The van der Waals surface area contributed by atoms with Crippen LogP contribution in [-0.2, 0) is 9.53 Å². The fourth-order valence-electron chi connectivity index (χ4n) is 1.30. The highest BCUT2D eigenvalue weighted by Crippen LogP contribution is 2.21. The van der Waals surface area contributed by atoms with Crippen LogP contribution in [0.5, 0.6) is 0 Å². The highest BCUT2D eigenvalue weighted by molar-refractivity contribution is 6.32. The molecule has 1 aromatic rings. The minimum Gasteiger partial charge on any atom is -0.466 e. The topological polar surface area (TPSA) is 26.3 Å². The highest BCUT2D eigenvalue weighted by atomic mass is 35.5. The van der Waals surface area contributed by atoms with Gasteiger partial charge in [0.25, 0.3) is 0 Å². The summed E-state index contributed by atoms with van der Waals surface area (Å²) in [6.07, 6.45) is 3.88. The minimum absolute atomic E-state index is 0.220. The molecule has 0 N–H and O–H groups in total. The fourth-order valence-corrected chi connectivity index (χ4v) is 1.49. The monoisotopic (exact) mass is 238 g/mol. The van der Waals surface area contributed by atoms with Crippen LogP contribution in [0.15, 0.2) is 24.3 Å². The first kappa shape index (κ1) is 12.8. The van der Waals surface area contributed by atoms with Gasteiger partial charge in [0.15, 0.2) is 0 Å². The number of rotatable bonds is 4. The van der Waals surface area contributed by atoms with Crippen LogP contribution in [-0.4, -0.2) is 12.6 Å². The average molecular weight is 239 g/mol. The van der Waals surface area contributed by atoms with Crippen LogP contribution in [0.2, 0.25) is 5.02 Å². The Labute approximate surface area is 101 Å². The molecule has 0 amide bonds. The molecule has 0 aromatic heterocycles. The van der Waals surface area contributed by atoms with Crippen LogP contribution in [0.3, 0.4) is 0 Å². The van der Waals surface area contributed by atoms with Crippen molar-refractivity contribution in [1.82, 2.24) is 0 Å². The van der Waals surface area contributed by atoms with E-state index >= 15 is 0 Å². The number of hydrogen-bond donors (Lipinski definition) is 0. The molecular formula is C13H15ClO2. The van der Waals surface area contributed by atoms with Crippen LogP contribution in [0.4, 0.5) is 0 Å². The first-order valence-corrected chi connectivity index (χ1v) is 5.60. The van der Waals surface area contributed by atoms with E-state index in [0.717, 1.165) is 16.1 Å². The molecule has 2 nitrogen and oxygen atoms in total. The summed E-state index contributed by atoms with van der Waals surface area (Å²) >= 11 is 6.10. The van der Waals surface area contributed by atoms with E-state index in [1.165, 1.54) is 0 Å². The SMILES string of the molecule is CCOC(=O)CC=Cc1cccc(C)c1Cl. The van der Waals surface area contributed by atoms with Gasteiger partial charge >= 0.3 is 5.97 Å². The smallest absolute Gasteiger partial charge is 0.309 e. The molecule has 0 aliphatic heterocycles. The number of halogens is 1. The Balaban J connectivity index is 2.63. The maximum atomic E-state index is 11.1. The Bertz CT molecular complexity index is 397. The Morgan fingerprint density at radius 2 is 2.25 bits per heavy atom. The lowest BCUT2D eigenvalue weighted by atomic mass is 10.1. The normalized spacial score (nSPS) is 10.7. The van der Waals surface area contributed by atoms with Crippen molar-refractivity contribution in [3.63, 3.8) is 0 Å². The number of aryl methyl sites for hydroxylation is 1. The zero-order valence-corrected chi connectivity index (χ0v) is 10.3. The summed E-state index contributed by atoms with van der Waals surface area (Å²) in [6.45, 7) is 4.15. The van der Waals surface area contributed by atoms with E-state index in [0.29, 0.717) is 6.61 Å². The number of ether oxygens (including phenoxy) is 1. The van der Waals surface area contributed by atoms with Gasteiger partial charge in [0, 0.05) is 0 Å². The zero-order chi connectivity index (χ0) is 12.0. The predicted octanol–water partition coefficient (Wildman–Crippen LogP) is 3.61. The molecule has 0 saturated carbocycles. The molecule has 0 aliphatic carbocycles. The van der Waals surface area contributed by atoms with Crippen molar-refractivity contribution in [2.75, 3.05) is 6.61 Å². The van der Waals surface area contributed by atoms with Gasteiger partial charge in [0.05, 0.1) is 18.1 Å². The Kier molecular flexibility index (Phi) is 5.06. The van der Waals surface area contributed by atoms with Gasteiger partial charge < -0.3 is 4.74 Å². The molecular weight excluding hydrogens is 224 g/mol. The lowest BCUT2D eigenvalue weighted by Crippen LogP contribution is -2.01. The molecule has 3 heteroatoms. The van der Waals surface area contributed by atoms with E-state index in [-0.39, 0.29) is 12.4 Å². The Morgan fingerprint density at radius 3 is 2.94 bits per heavy atom. The number of benzene rings is 1. The lowest BCUT2D eigenvalue weighted by Gasteiger charge is -2.01. The van der Waals surface area contributed by atoms with E-state index < -0.39 is 0 Å². The third-order valence-electron chi connectivity index (χ3n) is 2.11. The summed E-state index contributed by atoms with van der Waals surface area (Å²) in [5.74, 6) is -0.220. The Hall–Kier alpha value is -1.28. The maximum Gasteiger partial charge on any atom is 0.309 e. The first-order chi connectivity index (χ1) is 7.65. The number of carbonyl (C=O) groups excluding carboxylic acids is 1. The second kappa shape index (κ2) is 6.33. The lowest BCUT2D eigenvalue weighted by molar-refractivity contribution is -0.142. The van der Waals surface area contributed by atoms with Gasteiger partial charge in [-0.15, -0.1) is 0 Å². The number of carbonyl (C=O) groups is 1. The van der Waals surface area contributed by atoms with E-state index in [4.69, 9.17) is 16.3 Å². The number of esters is 1. The van der Waals surface area contributed by atoms with Gasteiger partial charge in [-0.2, -0.15) is 0 Å². The van der Waals surface area contributed by atoms with Crippen molar-refractivity contribution in [3.8, 4) is 0 Å². The maximum absolute atomic E-state index is 11.1. The van der Waals surface area contributed by atoms with Gasteiger partial charge in [-0.1, -0.05) is 42.0 Å². The van der Waals surface area contributed by atoms with Gasteiger partial charge in [0.1, 0.15) is 0 Å². The molecule has 16 heavy (non-hydrogen) atoms. The van der Waals surface area contributed by atoms with Crippen molar-refractivity contribution in [2.24, 2.45) is 0 Å². The van der Waals surface area contributed by atoms with Crippen molar-refractivity contribution in [1.29, 1.82) is 0 Å². The molecule has 0 saturated heterocycles. The largest absolute Gasteiger partial charge is 0.466 e. The first-order valence-electron chi connectivity index (χ1n) is 5.22. The van der Waals surface area contributed by atoms with Gasteiger partial charge in [-0.25, -0.2) is 0 Å². The van der Waals surface area contributed by atoms with E-state index in [2.05, 4.69) is 0 Å². The van der Waals surface area contributed by atoms with Crippen LogP contribution in [0.1, 0.15) is 24.5 Å². The zero-order valence-electron chi connectivity index (χ0n) is 9.50. The average Bonchev–Trinajstić information content (AvgIpc) is 2.25. The third kappa shape index (κ3) is 3.70. The van der Waals surface area contributed by atoms with Crippen LogP contribution >= 0.6 is 11.6 Å². The Morgan fingerprint density at radius 1 is 1.50 bits per heavy atom. The minimum atomic E-state index is -0.220. The predicted molar refractivity (Wildman–Crippen MR) is 66.5 cm³/mol. The molecule has 0 unspecified atom stereocenters. The summed E-state index contributed by atoms with van der Waals surface area (Å²) in [6, 6.07) is 5.80. The summed E-state index contributed by atoms with van der Waals surface area (Å²) in [5, 5.41) is 0.725. The summed E-state index contributed by atoms with van der Waals surface area (Å²) in [4.78, 5) is 11.1. The summed E-state index contributed by atoms with van der Waals surface area (Å²) in [7, 11) is 0. The second-order valence-corrected chi connectivity index (χ2v) is 3.77. The molecule has 1 aromatic carbocycles. The highest BCUT2D eigenvalue weighted by Gasteiger charge is 2.00. The van der Waals surface area contributed by atoms with Crippen molar-refractivity contribution in [3.05, 3.63) is 40.4 Å². The molecule has 86 valence electrons. The van der Waals surface area contributed by atoms with E-state index in [1.54, 1.807) is 13.0 Å². The molecule has 0 aliphatic rings.